The highest BCUT2D eigenvalue weighted by molar-refractivity contribution is 7.98. The number of hydrogen-bond acceptors (Lipinski definition) is 4. The second-order valence-electron chi connectivity index (χ2n) is 6.18. The van der Waals surface area contributed by atoms with Gasteiger partial charge in [0, 0.05) is 18.7 Å². The van der Waals surface area contributed by atoms with Crippen molar-refractivity contribution in [3.63, 3.8) is 0 Å². The van der Waals surface area contributed by atoms with Crippen molar-refractivity contribution < 1.29 is 13.2 Å². The predicted octanol–water partition coefficient (Wildman–Crippen LogP) is 2.17. The molecule has 2 rings (SSSR count). The zero-order valence-electron chi connectivity index (χ0n) is 13.8. The summed E-state index contributed by atoms with van der Waals surface area (Å²) < 4.78 is 23.5. The van der Waals surface area contributed by atoms with Crippen LogP contribution in [0, 0.1) is 19.8 Å². The molecular weight excluding hydrogens is 332 g/mol. The normalized spacial score (nSPS) is 19.0. The number of benzene rings is 1. The number of thioether (sulfide) groups is 1. The number of likely N-dealkylation sites (tertiary alicyclic amines) is 1. The van der Waals surface area contributed by atoms with Crippen LogP contribution in [0.5, 0.6) is 0 Å². The van der Waals surface area contributed by atoms with E-state index in [4.69, 9.17) is 5.14 Å². The van der Waals surface area contributed by atoms with Gasteiger partial charge in [-0.05, 0) is 67.9 Å². The summed E-state index contributed by atoms with van der Waals surface area (Å²) in [5.74, 6) is 1.44. The quantitative estimate of drug-likeness (QED) is 0.896. The standard InChI is InChI=1S/C16H24N2O3S2/c1-11-7-14(8-15(12(11)2)23(17,20)21)16(19)18-6-4-5-13(9-18)10-22-3/h7-8,13H,4-6,9-10H2,1-3H3,(H2,17,20,21)/t13-/m1/s1. The lowest BCUT2D eigenvalue weighted by Crippen LogP contribution is -2.40. The summed E-state index contributed by atoms with van der Waals surface area (Å²) in [5, 5.41) is 5.28. The molecular formula is C16H24N2O3S2. The third-order valence-corrected chi connectivity index (χ3v) is 6.22. The van der Waals surface area contributed by atoms with E-state index >= 15 is 0 Å². The highest BCUT2D eigenvalue weighted by Gasteiger charge is 2.26. The monoisotopic (exact) mass is 356 g/mol. The third-order valence-electron chi connectivity index (χ3n) is 4.38. The number of sulfonamides is 1. The number of rotatable bonds is 4. The minimum Gasteiger partial charge on any atom is -0.338 e. The van der Waals surface area contributed by atoms with Crippen LogP contribution in [0.1, 0.15) is 34.3 Å². The Morgan fingerprint density at radius 1 is 1.39 bits per heavy atom. The Bertz CT molecular complexity index is 700. The lowest BCUT2D eigenvalue weighted by atomic mass is 9.98. The van der Waals surface area contributed by atoms with E-state index in [1.165, 1.54) is 6.07 Å². The molecule has 0 spiro atoms. The van der Waals surface area contributed by atoms with Crippen LogP contribution in [0.4, 0.5) is 0 Å². The number of aryl methyl sites for hydroxylation is 1. The molecule has 1 aliphatic heterocycles. The molecule has 23 heavy (non-hydrogen) atoms. The van der Waals surface area contributed by atoms with Crippen LogP contribution in [0.3, 0.4) is 0 Å². The second-order valence-corrected chi connectivity index (χ2v) is 8.62. The number of nitrogens with zero attached hydrogens (tertiary/aromatic N) is 1. The Balaban J connectivity index is 2.31. The number of piperidine rings is 1. The van der Waals surface area contributed by atoms with Crippen molar-refractivity contribution in [1.82, 2.24) is 4.90 Å². The Morgan fingerprint density at radius 3 is 2.70 bits per heavy atom. The first-order valence-corrected chi connectivity index (χ1v) is 10.6. The first-order valence-electron chi connectivity index (χ1n) is 7.66. The maximum atomic E-state index is 12.8. The number of amides is 1. The van der Waals surface area contributed by atoms with Crippen LogP contribution in [0.2, 0.25) is 0 Å². The largest absolute Gasteiger partial charge is 0.338 e. The Labute approximate surface area is 142 Å². The number of carbonyl (C=O) groups excluding carboxylic acids is 1. The van der Waals surface area contributed by atoms with Gasteiger partial charge < -0.3 is 4.90 Å². The molecule has 1 heterocycles. The van der Waals surface area contributed by atoms with Gasteiger partial charge in [0.15, 0.2) is 0 Å². The highest BCUT2D eigenvalue weighted by Crippen LogP contribution is 2.24. The molecule has 0 bridgehead atoms. The lowest BCUT2D eigenvalue weighted by molar-refractivity contribution is 0.0685. The summed E-state index contributed by atoms with van der Waals surface area (Å²) in [5.41, 5.74) is 1.77. The smallest absolute Gasteiger partial charge is 0.253 e. The van der Waals surface area contributed by atoms with E-state index in [1.54, 1.807) is 31.7 Å². The third kappa shape index (κ3) is 4.28. The van der Waals surface area contributed by atoms with E-state index in [9.17, 15) is 13.2 Å². The van der Waals surface area contributed by atoms with Gasteiger partial charge in [-0.3, -0.25) is 4.79 Å². The van der Waals surface area contributed by atoms with Crippen LogP contribution in [0.25, 0.3) is 0 Å². The molecule has 128 valence electrons. The highest BCUT2D eigenvalue weighted by atomic mass is 32.2. The number of nitrogens with two attached hydrogens (primary N) is 1. The fraction of sp³-hybridized carbons (Fsp3) is 0.562. The molecule has 5 nitrogen and oxygen atoms in total. The van der Waals surface area contributed by atoms with Gasteiger partial charge in [0.1, 0.15) is 0 Å². The number of hydrogen-bond donors (Lipinski definition) is 1. The Morgan fingerprint density at radius 2 is 2.09 bits per heavy atom. The Kier molecular flexibility index (Phi) is 5.75. The molecule has 1 aromatic carbocycles. The van der Waals surface area contributed by atoms with Gasteiger partial charge >= 0.3 is 0 Å². The second kappa shape index (κ2) is 7.23. The SMILES string of the molecule is CSC[C@@H]1CCCN(C(=O)c2cc(C)c(C)c(S(N)(=O)=O)c2)C1. The van der Waals surface area contributed by atoms with Crippen molar-refractivity contribution in [3.8, 4) is 0 Å². The molecule has 1 aromatic rings. The minimum atomic E-state index is -3.84. The van der Waals surface area contributed by atoms with Crippen LogP contribution in [0.15, 0.2) is 17.0 Å². The van der Waals surface area contributed by atoms with Crippen LogP contribution >= 0.6 is 11.8 Å². The summed E-state index contributed by atoms with van der Waals surface area (Å²) in [4.78, 5) is 14.7. The molecule has 0 saturated carbocycles. The Hall–Kier alpha value is -1.05. The van der Waals surface area contributed by atoms with Crippen molar-refractivity contribution in [2.45, 2.75) is 31.6 Å². The van der Waals surface area contributed by atoms with Gasteiger partial charge in [0.2, 0.25) is 10.0 Å². The molecule has 1 amide bonds. The molecule has 0 unspecified atom stereocenters. The lowest BCUT2D eigenvalue weighted by Gasteiger charge is -2.32. The summed E-state index contributed by atoms with van der Waals surface area (Å²) in [6, 6.07) is 3.17. The summed E-state index contributed by atoms with van der Waals surface area (Å²) >= 11 is 1.79. The van der Waals surface area contributed by atoms with Gasteiger partial charge in [0.25, 0.3) is 5.91 Å². The molecule has 0 radical (unpaired) electrons. The molecule has 1 atom stereocenters. The van der Waals surface area contributed by atoms with Crippen molar-refractivity contribution in [3.05, 3.63) is 28.8 Å². The molecule has 1 aliphatic rings. The first kappa shape index (κ1) is 18.3. The van der Waals surface area contributed by atoms with Gasteiger partial charge in [-0.25, -0.2) is 13.6 Å². The molecule has 1 fully saturated rings. The van der Waals surface area contributed by atoms with E-state index in [1.807, 2.05) is 4.90 Å². The molecule has 1 saturated heterocycles. The van der Waals surface area contributed by atoms with Crippen molar-refractivity contribution in [2.75, 3.05) is 25.1 Å². The van der Waals surface area contributed by atoms with Crippen LogP contribution in [-0.4, -0.2) is 44.3 Å². The van der Waals surface area contributed by atoms with Gasteiger partial charge in [-0.1, -0.05) is 0 Å². The molecule has 7 heteroatoms. The average Bonchev–Trinajstić information content (AvgIpc) is 2.48. The maximum Gasteiger partial charge on any atom is 0.253 e. The summed E-state index contributed by atoms with van der Waals surface area (Å²) in [7, 11) is -3.84. The predicted molar refractivity (Wildman–Crippen MR) is 94.3 cm³/mol. The number of carbonyl (C=O) groups is 1. The van der Waals surface area contributed by atoms with Crippen molar-refractivity contribution in [1.29, 1.82) is 0 Å². The van der Waals surface area contributed by atoms with Crippen molar-refractivity contribution in [2.24, 2.45) is 11.1 Å². The fourth-order valence-corrected chi connectivity index (χ4v) is 4.67. The van der Waals surface area contributed by atoms with Crippen LogP contribution < -0.4 is 5.14 Å². The van der Waals surface area contributed by atoms with Gasteiger partial charge in [-0.15, -0.1) is 0 Å². The minimum absolute atomic E-state index is 0.0403. The zero-order chi connectivity index (χ0) is 17.2. The zero-order valence-corrected chi connectivity index (χ0v) is 15.5. The fourth-order valence-electron chi connectivity index (χ4n) is 3.05. The van der Waals surface area contributed by atoms with E-state index in [0.717, 1.165) is 37.2 Å². The molecule has 0 aliphatic carbocycles. The van der Waals surface area contributed by atoms with E-state index in [2.05, 4.69) is 6.26 Å². The maximum absolute atomic E-state index is 12.8. The molecule has 2 N–H and O–H groups in total. The van der Waals surface area contributed by atoms with Gasteiger partial charge in [0.05, 0.1) is 4.90 Å². The summed E-state index contributed by atoms with van der Waals surface area (Å²) in [6.07, 6.45) is 4.20. The first-order chi connectivity index (χ1) is 10.7. The topological polar surface area (TPSA) is 80.5 Å². The molecule has 0 aromatic heterocycles. The van der Waals surface area contributed by atoms with Gasteiger partial charge in [-0.2, -0.15) is 11.8 Å². The summed E-state index contributed by atoms with van der Waals surface area (Å²) in [6.45, 7) is 4.96. The van der Waals surface area contributed by atoms with E-state index < -0.39 is 10.0 Å². The van der Waals surface area contributed by atoms with E-state index in [-0.39, 0.29) is 10.8 Å². The van der Waals surface area contributed by atoms with E-state index in [0.29, 0.717) is 17.0 Å². The van der Waals surface area contributed by atoms with Crippen LogP contribution in [-0.2, 0) is 10.0 Å². The average molecular weight is 357 g/mol. The number of primary sulfonamides is 1. The van der Waals surface area contributed by atoms with Crippen molar-refractivity contribution >= 4 is 27.7 Å².